The maximum absolute atomic E-state index is 12.2. The zero-order valence-electron chi connectivity index (χ0n) is 14.9. The highest BCUT2D eigenvalue weighted by Gasteiger charge is 2.16. The van der Waals surface area contributed by atoms with Gasteiger partial charge in [-0.1, -0.05) is 11.6 Å². The molecule has 0 fully saturated rings. The molecule has 2 aromatic carbocycles. The Kier molecular flexibility index (Phi) is 6.35. The molecule has 1 aliphatic rings. The van der Waals surface area contributed by atoms with Crippen LogP contribution in [0, 0.1) is 11.3 Å². The Morgan fingerprint density at radius 2 is 1.93 bits per heavy atom. The summed E-state index contributed by atoms with van der Waals surface area (Å²) in [6.45, 7) is 1.09. The molecule has 0 saturated carbocycles. The third-order valence-electron chi connectivity index (χ3n) is 3.88. The highest BCUT2D eigenvalue weighted by atomic mass is 35.5. The fraction of sp³-hybridized carbons (Fsp3) is 0.250. The summed E-state index contributed by atoms with van der Waals surface area (Å²) in [4.78, 5) is 23.6. The third-order valence-corrected chi connectivity index (χ3v) is 4.16. The van der Waals surface area contributed by atoms with Gasteiger partial charge in [0.1, 0.15) is 13.0 Å². The van der Waals surface area contributed by atoms with Crippen LogP contribution in [0.5, 0.6) is 11.5 Å². The number of rotatable bonds is 5. The Bertz CT molecular complexity index is 921. The molecule has 1 heterocycles. The number of carbonyl (C=O) groups excluding carboxylic acids is 2. The number of nitrogens with zero attached hydrogens (tertiary/aromatic N) is 1. The topological polar surface area (TPSA) is 97.7 Å². The highest BCUT2D eigenvalue weighted by Crippen LogP contribution is 2.38. The van der Waals surface area contributed by atoms with Crippen molar-refractivity contribution >= 4 is 29.2 Å². The maximum Gasteiger partial charge on any atom is 0.338 e. The second kappa shape index (κ2) is 9.11. The van der Waals surface area contributed by atoms with Crippen molar-refractivity contribution in [3.63, 3.8) is 0 Å². The molecular formula is C20H17ClN2O5. The lowest BCUT2D eigenvalue weighted by Gasteiger charge is -2.12. The van der Waals surface area contributed by atoms with Crippen LogP contribution < -0.4 is 14.8 Å². The van der Waals surface area contributed by atoms with Crippen LogP contribution in [0.25, 0.3) is 0 Å². The number of hydrogen-bond donors (Lipinski definition) is 1. The van der Waals surface area contributed by atoms with Gasteiger partial charge in [0.05, 0.1) is 29.9 Å². The minimum absolute atomic E-state index is 0.0237. The normalized spacial score (nSPS) is 12.4. The predicted octanol–water partition coefficient (Wildman–Crippen LogP) is 3.71. The van der Waals surface area contributed by atoms with Crippen molar-refractivity contribution in [1.82, 2.24) is 0 Å². The first-order valence-corrected chi connectivity index (χ1v) is 8.96. The van der Waals surface area contributed by atoms with Gasteiger partial charge >= 0.3 is 5.97 Å². The molecule has 1 N–H and O–H groups in total. The predicted molar refractivity (Wildman–Crippen MR) is 101 cm³/mol. The summed E-state index contributed by atoms with van der Waals surface area (Å²) in [6.07, 6.45) is 0.532. The van der Waals surface area contributed by atoms with Crippen LogP contribution in [0.3, 0.4) is 0 Å². The molecule has 0 saturated heterocycles. The van der Waals surface area contributed by atoms with Crippen LogP contribution in [-0.2, 0) is 16.1 Å². The van der Waals surface area contributed by atoms with Gasteiger partial charge in [-0.25, -0.2) is 4.79 Å². The second-order valence-electron chi connectivity index (χ2n) is 5.99. The van der Waals surface area contributed by atoms with Crippen molar-refractivity contribution in [2.24, 2.45) is 0 Å². The van der Waals surface area contributed by atoms with E-state index >= 15 is 0 Å². The van der Waals surface area contributed by atoms with Crippen molar-refractivity contribution in [3.05, 3.63) is 52.5 Å². The summed E-state index contributed by atoms with van der Waals surface area (Å²) in [5.41, 5.74) is 1.51. The maximum atomic E-state index is 12.2. The first kappa shape index (κ1) is 19.5. The second-order valence-corrected chi connectivity index (χ2v) is 6.40. The van der Waals surface area contributed by atoms with Crippen LogP contribution in [0.1, 0.15) is 28.8 Å². The van der Waals surface area contributed by atoms with E-state index in [0.29, 0.717) is 46.5 Å². The van der Waals surface area contributed by atoms with Crippen molar-refractivity contribution < 1.29 is 23.8 Å². The molecule has 0 aliphatic carbocycles. The molecule has 1 amide bonds. The molecule has 7 nitrogen and oxygen atoms in total. The molecule has 2 aromatic rings. The van der Waals surface area contributed by atoms with E-state index in [4.69, 9.17) is 31.1 Å². The van der Waals surface area contributed by atoms with Gasteiger partial charge < -0.3 is 19.5 Å². The summed E-state index contributed by atoms with van der Waals surface area (Å²) in [5.74, 6) is 0.110. The van der Waals surface area contributed by atoms with E-state index in [9.17, 15) is 9.59 Å². The molecule has 0 atom stereocenters. The van der Waals surface area contributed by atoms with Gasteiger partial charge in [0, 0.05) is 12.1 Å². The zero-order chi connectivity index (χ0) is 19.9. The van der Waals surface area contributed by atoms with Gasteiger partial charge in [0.25, 0.3) is 0 Å². The van der Waals surface area contributed by atoms with Crippen LogP contribution in [0.4, 0.5) is 5.69 Å². The van der Waals surface area contributed by atoms with E-state index < -0.39 is 11.9 Å². The van der Waals surface area contributed by atoms with Gasteiger partial charge in [-0.3, -0.25) is 4.79 Å². The molecule has 8 heteroatoms. The molecular weight excluding hydrogens is 384 g/mol. The quantitative estimate of drug-likeness (QED) is 0.768. The number of carbonyl (C=O) groups is 2. The van der Waals surface area contributed by atoms with E-state index in [1.165, 1.54) is 12.1 Å². The van der Waals surface area contributed by atoms with Crippen LogP contribution in [0.15, 0.2) is 36.4 Å². The van der Waals surface area contributed by atoms with Crippen LogP contribution >= 0.6 is 11.6 Å². The van der Waals surface area contributed by atoms with Crippen LogP contribution in [-0.4, -0.2) is 25.1 Å². The summed E-state index contributed by atoms with van der Waals surface area (Å²) in [6, 6.07) is 11.4. The average molecular weight is 401 g/mol. The lowest BCUT2D eigenvalue weighted by molar-refractivity contribution is -0.115. The number of nitriles is 1. The Morgan fingerprint density at radius 1 is 1.18 bits per heavy atom. The SMILES string of the molecule is N#CCC(=O)Nc1ccc(C(=O)OCc2cc(Cl)c3c(c2)OCCCO3)cc1. The number of anilines is 1. The van der Waals surface area contributed by atoms with E-state index in [-0.39, 0.29) is 13.0 Å². The molecule has 0 bridgehead atoms. The smallest absolute Gasteiger partial charge is 0.338 e. The van der Waals surface area contributed by atoms with E-state index in [0.717, 1.165) is 6.42 Å². The Labute approximate surface area is 166 Å². The molecule has 0 unspecified atom stereocenters. The third kappa shape index (κ3) is 4.93. The fourth-order valence-corrected chi connectivity index (χ4v) is 2.85. The van der Waals surface area contributed by atoms with Gasteiger partial charge in [0.2, 0.25) is 5.91 Å². The van der Waals surface area contributed by atoms with Crippen molar-refractivity contribution in [1.29, 1.82) is 5.26 Å². The molecule has 0 spiro atoms. The summed E-state index contributed by atoms with van der Waals surface area (Å²) >= 11 is 6.23. The van der Waals surface area contributed by atoms with Crippen molar-refractivity contribution in [3.8, 4) is 17.6 Å². The number of nitrogens with one attached hydrogen (secondary N) is 1. The van der Waals surface area contributed by atoms with E-state index in [1.807, 2.05) is 0 Å². The molecule has 3 rings (SSSR count). The van der Waals surface area contributed by atoms with Crippen molar-refractivity contribution in [2.45, 2.75) is 19.4 Å². The summed E-state index contributed by atoms with van der Waals surface area (Å²) < 4.78 is 16.5. The lowest BCUT2D eigenvalue weighted by atomic mass is 10.2. The van der Waals surface area contributed by atoms with Gasteiger partial charge in [-0.15, -0.1) is 0 Å². The number of hydrogen-bond acceptors (Lipinski definition) is 6. The highest BCUT2D eigenvalue weighted by molar-refractivity contribution is 6.32. The average Bonchev–Trinajstić information content (AvgIpc) is 2.93. The van der Waals surface area contributed by atoms with Crippen molar-refractivity contribution in [2.75, 3.05) is 18.5 Å². The Balaban J connectivity index is 1.61. The van der Waals surface area contributed by atoms with Crippen LogP contribution in [0.2, 0.25) is 5.02 Å². The first-order valence-electron chi connectivity index (χ1n) is 8.59. The Morgan fingerprint density at radius 3 is 2.68 bits per heavy atom. The zero-order valence-corrected chi connectivity index (χ0v) is 15.6. The fourth-order valence-electron chi connectivity index (χ4n) is 2.57. The molecule has 28 heavy (non-hydrogen) atoms. The molecule has 144 valence electrons. The van der Waals surface area contributed by atoms with E-state index in [2.05, 4.69) is 5.32 Å². The first-order chi connectivity index (χ1) is 13.6. The Hall–Kier alpha value is -3.24. The van der Waals surface area contributed by atoms with E-state index in [1.54, 1.807) is 30.3 Å². The standard InChI is InChI=1S/C20H17ClN2O5/c21-16-10-13(11-17-19(16)27-9-1-8-26-17)12-28-20(25)14-2-4-15(5-3-14)23-18(24)6-7-22/h2-5,10-11H,1,6,8-9,12H2,(H,23,24). The number of fused-ring (bicyclic) bond motifs is 1. The molecule has 1 aliphatic heterocycles. The van der Waals surface area contributed by atoms with Gasteiger partial charge in [-0.2, -0.15) is 5.26 Å². The number of benzene rings is 2. The largest absolute Gasteiger partial charge is 0.489 e. The van der Waals surface area contributed by atoms with Gasteiger partial charge in [0.15, 0.2) is 11.5 Å². The lowest BCUT2D eigenvalue weighted by Crippen LogP contribution is -2.10. The minimum atomic E-state index is -0.516. The monoisotopic (exact) mass is 400 g/mol. The molecule has 0 aromatic heterocycles. The number of amides is 1. The summed E-state index contributed by atoms with van der Waals surface area (Å²) in [7, 11) is 0. The summed E-state index contributed by atoms with van der Waals surface area (Å²) in [5, 5.41) is 11.4. The number of halogens is 1. The number of esters is 1. The van der Waals surface area contributed by atoms with Gasteiger partial charge in [-0.05, 0) is 42.0 Å². The number of ether oxygens (including phenoxy) is 3. The molecule has 0 radical (unpaired) electrons. The minimum Gasteiger partial charge on any atom is -0.489 e.